The number of halogens is 2. The first-order valence-electron chi connectivity index (χ1n) is 5.55. The topological polar surface area (TPSA) is 9.23 Å². The van der Waals surface area contributed by atoms with E-state index in [1.54, 1.807) is 12.1 Å². The van der Waals surface area contributed by atoms with Gasteiger partial charge < -0.3 is 4.74 Å². The van der Waals surface area contributed by atoms with E-state index in [4.69, 9.17) is 4.74 Å². The summed E-state index contributed by atoms with van der Waals surface area (Å²) in [6.07, 6.45) is 3.83. The highest BCUT2D eigenvalue weighted by atomic mass is 19.1. The number of allylic oxidation sites excluding steroid dienone is 1. The average Bonchev–Trinajstić information content (AvgIpc) is 2.36. The van der Waals surface area contributed by atoms with Crippen molar-refractivity contribution >= 4 is 6.08 Å². The fourth-order valence-corrected chi connectivity index (χ4v) is 1.54. The van der Waals surface area contributed by atoms with Crippen molar-refractivity contribution in [3.05, 3.63) is 65.7 Å². The number of benzene rings is 2. The van der Waals surface area contributed by atoms with Gasteiger partial charge in [0.1, 0.15) is 5.75 Å². The van der Waals surface area contributed by atoms with Crippen LogP contribution in [0.4, 0.5) is 8.78 Å². The molecule has 0 radical (unpaired) electrons. The van der Waals surface area contributed by atoms with Crippen molar-refractivity contribution in [2.45, 2.75) is 6.92 Å². The Balaban J connectivity index is 2.23. The molecule has 0 saturated heterocycles. The maximum Gasteiger partial charge on any atom is 0.198 e. The van der Waals surface area contributed by atoms with Gasteiger partial charge >= 0.3 is 0 Å². The predicted octanol–water partition coefficient (Wildman–Crippen LogP) is 4.79. The van der Waals surface area contributed by atoms with Crippen LogP contribution in [-0.4, -0.2) is 0 Å². The third kappa shape index (κ3) is 2.74. The number of ether oxygens (including phenoxy) is 1. The lowest BCUT2D eigenvalue weighted by Gasteiger charge is -2.07. The van der Waals surface area contributed by atoms with Gasteiger partial charge in [-0.1, -0.05) is 30.4 Å². The first-order valence-corrected chi connectivity index (χ1v) is 5.55. The molecule has 2 aromatic rings. The van der Waals surface area contributed by atoms with E-state index >= 15 is 0 Å². The van der Waals surface area contributed by atoms with Crippen LogP contribution in [-0.2, 0) is 0 Å². The van der Waals surface area contributed by atoms with E-state index in [0.717, 1.165) is 17.7 Å². The van der Waals surface area contributed by atoms with E-state index in [-0.39, 0.29) is 5.75 Å². The van der Waals surface area contributed by atoms with Gasteiger partial charge in [-0.05, 0) is 36.8 Å². The molecule has 1 nitrogen and oxygen atoms in total. The van der Waals surface area contributed by atoms with Crippen molar-refractivity contribution in [3.63, 3.8) is 0 Å². The molecule has 0 fully saturated rings. The van der Waals surface area contributed by atoms with Gasteiger partial charge in [-0.25, -0.2) is 8.78 Å². The monoisotopic (exact) mass is 246 g/mol. The largest absolute Gasteiger partial charge is 0.451 e. The molecule has 0 N–H and O–H groups in total. The molecule has 0 aliphatic carbocycles. The Morgan fingerprint density at radius 3 is 2.11 bits per heavy atom. The first-order chi connectivity index (χ1) is 8.70. The zero-order chi connectivity index (χ0) is 13.0. The molecule has 0 heterocycles. The molecule has 2 rings (SSSR count). The Bertz CT molecular complexity index is 539. The van der Waals surface area contributed by atoms with Crippen molar-refractivity contribution in [3.8, 4) is 11.5 Å². The fourth-order valence-electron chi connectivity index (χ4n) is 1.54. The van der Waals surface area contributed by atoms with E-state index in [1.807, 2.05) is 31.2 Å². The molecule has 0 unspecified atom stereocenters. The third-order valence-electron chi connectivity index (χ3n) is 2.38. The Hall–Kier alpha value is -2.16. The van der Waals surface area contributed by atoms with Crippen LogP contribution >= 0.6 is 0 Å². The summed E-state index contributed by atoms with van der Waals surface area (Å²) in [5.74, 6) is -1.41. The maximum atomic E-state index is 13.4. The van der Waals surface area contributed by atoms with Gasteiger partial charge in [-0.2, -0.15) is 0 Å². The summed E-state index contributed by atoms with van der Waals surface area (Å²) < 4.78 is 31.9. The second-order valence-electron chi connectivity index (χ2n) is 3.72. The molecule has 0 spiro atoms. The van der Waals surface area contributed by atoms with Crippen molar-refractivity contribution < 1.29 is 13.5 Å². The van der Waals surface area contributed by atoms with Gasteiger partial charge in [0.05, 0.1) is 0 Å². The molecule has 0 atom stereocenters. The smallest absolute Gasteiger partial charge is 0.198 e. The van der Waals surface area contributed by atoms with Gasteiger partial charge in [0.25, 0.3) is 0 Å². The van der Waals surface area contributed by atoms with E-state index < -0.39 is 11.6 Å². The average molecular weight is 246 g/mol. The number of rotatable bonds is 3. The molecule has 0 saturated carbocycles. The standard InChI is InChI=1S/C15H12F2O/c1-2-4-11-7-9-12(10-8-11)18-15-13(16)5-3-6-14(15)17/h2-10H,1H3/b4-2+. The molecule has 3 heteroatoms. The third-order valence-corrected chi connectivity index (χ3v) is 2.38. The van der Waals surface area contributed by atoms with Crippen LogP contribution < -0.4 is 4.74 Å². The minimum atomic E-state index is -0.715. The zero-order valence-electron chi connectivity index (χ0n) is 9.86. The molecular weight excluding hydrogens is 234 g/mol. The molecule has 0 aromatic heterocycles. The van der Waals surface area contributed by atoms with Gasteiger partial charge in [0, 0.05) is 0 Å². The van der Waals surface area contributed by atoms with Crippen molar-refractivity contribution in [2.24, 2.45) is 0 Å². The quantitative estimate of drug-likeness (QED) is 0.756. The lowest BCUT2D eigenvalue weighted by Crippen LogP contribution is -1.92. The molecular formula is C15H12F2O. The lowest BCUT2D eigenvalue weighted by molar-refractivity contribution is 0.407. The van der Waals surface area contributed by atoms with Crippen LogP contribution in [0, 0.1) is 11.6 Å². The Kier molecular flexibility index (Phi) is 3.72. The fraction of sp³-hybridized carbons (Fsp3) is 0.0667. The van der Waals surface area contributed by atoms with Gasteiger partial charge in [-0.15, -0.1) is 0 Å². The minimum Gasteiger partial charge on any atom is -0.451 e. The minimum absolute atomic E-state index is 0.378. The molecule has 0 bridgehead atoms. The highest BCUT2D eigenvalue weighted by Gasteiger charge is 2.10. The summed E-state index contributed by atoms with van der Waals surface area (Å²) in [5, 5.41) is 0. The summed E-state index contributed by atoms with van der Waals surface area (Å²) in [6.45, 7) is 1.92. The molecule has 0 aliphatic heterocycles. The van der Waals surface area contributed by atoms with E-state index in [2.05, 4.69) is 0 Å². The Morgan fingerprint density at radius 2 is 1.56 bits per heavy atom. The molecule has 18 heavy (non-hydrogen) atoms. The highest BCUT2D eigenvalue weighted by Crippen LogP contribution is 2.27. The van der Waals surface area contributed by atoms with Gasteiger partial charge in [-0.3, -0.25) is 0 Å². The Labute approximate surface area is 104 Å². The van der Waals surface area contributed by atoms with Crippen LogP contribution in [0.2, 0.25) is 0 Å². The van der Waals surface area contributed by atoms with Gasteiger partial charge in [0.2, 0.25) is 0 Å². The van der Waals surface area contributed by atoms with E-state index in [0.29, 0.717) is 5.75 Å². The predicted molar refractivity (Wildman–Crippen MR) is 67.6 cm³/mol. The second-order valence-corrected chi connectivity index (χ2v) is 3.72. The van der Waals surface area contributed by atoms with Crippen LogP contribution in [0.15, 0.2) is 48.5 Å². The van der Waals surface area contributed by atoms with Crippen molar-refractivity contribution in [1.29, 1.82) is 0 Å². The highest BCUT2D eigenvalue weighted by molar-refractivity contribution is 5.50. The number of hydrogen-bond donors (Lipinski definition) is 0. The molecule has 92 valence electrons. The first kappa shape index (κ1) is 12.3. The number of para-hydroxylation sites is 1. The van der Waals surface area contributed by atoms with Crippen LogP contribution in [0.3, 0.4) is 0 Å². The molecule has 2 aromatic carbocycles. The van der Waals surface area contributed by atoms with Crippen LogP contribution in [0.1, 0.15) is 12.5 Å². The van der Waals surface area contributed by atoms with Crippen molar-refractivity contribution in [1.82, 2.24) is 0 Å². The van der Waals surface area contributed by atoms with E-state index in [1.165, 1.54) is 6.07 Å². The number of hydrogen-bond acceptors (Lipinski definition) is 1. The normalized spacial score (nSPS) is 10.8. The SMILES string of the molecule is C/C=C/c1ccc(Oc2c(F)cccc2F)cc1. The lowest BCUT2D eigenvalue weighted by atomic mass is 10.2. The van der Waals surface area contributed by atoms with Crippen molar-refractivity contribution in [2.75, 3.05) is 0 Å². The summed E-state index contributed by atoms with van der Waals surface area (Å²) in [7, 11) is 0. The maximum absolute atomic E-state index is 13.4. The van der Waals surface area contributed by atoms with Crippen LogP contribution in [0.25, 0.3) is 6.08 Å². The van der Waals surface area contributed by atoms with Crippen LogP contribution in [0.5, 0.6) is 11.5 Å². The van der Waals surface area contributed by atoms with E-state index in [9.17, 15) is 8.78 Å². The summed E-state index contributed by atoms with van der Waals surface area (Å²) in [4.78, 5) is 0. The molecule has 0 aliphatic rings. The van der Waals surface area contributed by atoms with Gasteiger partial charge in [0.15, 0.2) is 17.4 Å². The zero-order valence-corrected chi connectivity index (χ0v) is 9.86. The second kappa shape index (κ2) is 5.45. The molecule has 0 amide bonds. The summed E-state index contributed by atoms with van der Waals surface area (Å²) >= 11 is 0. The summed E-state index contributed by atoms with van der Waals surface area (Å²) in [5.41, 5.74) is 0.999. The Morgan fingerprint density at radius 1 is 0.944 bits per heavy atom. The summed E-state index contributed by atoms with van der Waals surface area (Å²) in [6, 6.07) is 10.6.